The van der Waals surface area contributed by atoms with Crippen LogP contribution in [0.5, 0.6) is 0 Å². The van der Waals surface area contributed by atoms with E-state index in [4.69, 9.17) is 4.42 Å². The van der Waals surface area contributed by atoms with Crippen molar-refractivity contribution in [1.29, 1.82) is 5.26 Å². The van der Waals surface area contributed by atoms with Gasteiger partial charge in [-0.2, -0.15) is 5.26 Å². The summed E-state index contributed by atoms with van der Waals surface area (Å²) < 4.78 is 56.4. The van der Waals surface area contributed by atoms with Gasteiger partial charge in [0, 0.05) is 58.5 Å². The Morgan fingerprint density at radius 1 is 1.02 bits per heavy atom. The van der Waals surface area contributed by atoms with E-state index in [0.717, 1.165) is 50.1 Å². The van der Waals surface area contributed by atoms with Crippen LogP contribution in [0.3, 0.4) is 0 Å². The number of fused-ring (bicyclic) bond motifs is 2. The van der Waals surface area contributed by atoms with Gasteiger partial charge in [0.25, 0.3) is 0 Å². The maximum absolute atomic E-state index is 16.7. The molecular formula is C32H29F3N3O3+. The summed E-state index contributed by atoms with van der Waals surface area (Å²) in [4.78, 5) is 14.6. The average Bonchev–Trinajstić information content (AvgIpc) is 2.84. The minimum absolute atomic E-state index is 0.0761. The van der Waals surface area contributed by atoms with Crippen LogP contribution in [0.25, 0.3) is 33.4 Å². The van der Waals surface area contributed by atoms with Crippen LogP contribution in [0.1, 0.15) is 55.5 Å². The molecule has 6 nitrogen and oxygen atoms in total. The number of hydrogen-bond acceptors (Lipinski definition) is 4. The summed E-state index contributed by atoms with van der Waals surface area (Å²) in [6, 6.07) is 12.6. The monoisotopic (exact) mass is 560 g/mol. The third-order valence-corrected chi connectivity index (χ3v) is 8.23. The van der Waals surface area contributed by atoms with Gasteiger partial charge in [-0.15, -0.1) is 0 Å². The molecule has 9 heteroatoms. The summed E-state index contributed by atoms with van der Waals surface area (Å²) >= 11 is 0. The zero-order valence-corrected chi connectivity index (χ0v) is 23.0. The number of hydrogen-bond donors (Lipinski definition) is 1. The molecule has 0 radical (unpaired) electrons. The number of nitrogens with zero attached hydrogens (tertiary/aromatic N) is 3. The Labute approximate surface area is 234 Å². The van der Waals surface area contributed by atoms with E-state index < -0.39 is 51.4 Å². The number of carbonyl (C=O) groups is 1. The molecule has 2 aromatic rings. The molecule has 2 aromatic carbocycles. The Morgan fingerprint density at radius 3 is 2.32 bits per heavy atom. The molecule has 1 unspecified atom stereocenters. The van der Waals surface area contributed by atoms with Crippen LogP contribution in [0.4, 0.5) is 18.9 Å². The standard InChI is InChI=1S/C32H28F3N3O3/c1-32(2,3)21(16-36)25-28(33)26(27(31(39)40)30(35)29(25)34)24-19-8-6-17(37-10-4-11-37)14-22(19)41-23-15-18(7-9-20(23)24)38-12-5-13-38/h6-9,14-15,21H,4-5,10-13H2,1-3H3/p+1. The quantitative estimate of drug-likeness (QED) is 0.179. The summed E-state index contributed by atoms with van der Waals surface area (Å²) in [5, 5.41) is 21.2. The number of carboxylic acids is 1. The fraction of sp³-hybridized carbons (Fsp3) is 0.344. The van der Waals surface area contributed by atoms with Crippen molar-refractivity contribution in [1.82, 2.24) is 4.58 Å². The topological polar surface area (TPSA) is 80.5 Å². The van der Waals surface area contributed by atoms with Crippen LogP contribution < -0.4 is 14.8 Å². The van der Waals surface area contributed by atoms with E-state index in [1.165, 1.54) is 0 Å². The molecule has 6 rings (SSSR count). The van der Waals surface area contributed by atoms with Gasteiger partial charge in [0.1, 0.15) is 35.8 Å². The molecular weight excluding hydrogens is 531 g/mol. The Kier molecular flexibility index (Phi) is 6.33. The van der Waals surface area contributed by atoms with Crippen LogP contribution in [-0.4, -0.2) is 37.3 Å². The first kappa shape index (κ1) is 26.9. The zero-order valence-electron chi connectivity index (χ0n) is 23.0. The number of nitriles is 1. The minimum Gasteiger partial charge on any atom is -0.478 e. The van der Waals surface area contributed by atoms with Gasteiger partial charge in [0.05, 0.1) is 24.5 Å². The zero-order chi connectivity index (χ0) is 29.2. The smallest absolute Gasteiger partial charge is 0.339 e. The molecule has 3 aliphatic heterocycles. The largest absolute Gasteiger partial charge is 0.478 e. The van der Waals surface area contributed by atoms with E-state index in [9.17, 15) is 15.2 Å². The molecule has 2 saturated heterocycles. The van der Waals surface area contributed by atoms with Crippen LogP contribution in [0, 0.1) is 34.2 Å². The van der Waals surface area contributed by atoms with Gasteiger partial charge >= 0.3 is 5.97 Å². The molecule has 3 heterocycles. The van der Waals surface area contributed by atoms with Gasteiger partial charge in [-0.3, -0.25) is 0 Å². The molecule has 0 bridgehead atoms. The van der Waals surface area contributed by atoms with E-state index >= 15 is 13.2 Å². The summed E-state index contributed by atoms with van der Waals surface area (Å²) in [6.07, 6.45) is 2.10. The molecule has 0 saturated carbocycles. The lowest BCUT2D eigenvalue weighted by atomic mass is 9.75. The fourth-order valence-electron chi connectivity index (χ4n) is 5.74. The summed E-state index contributed by atoms with van der Waals surface area (Å²) in [6.45, 7) is 8.33. The SMILES string of the molecule is CC(C)(C)C(C#N)c1c(F)c(F)c(C(=O)O)c(-c2c3ccc(=[N+]4CCC4)cc-3oc3cc(N4CCC4)ccc23)c1F. The van der Waals surface area contributed by atoms with E-state index in [1.54, 1.807) is 45.0 Å². The normalized spacial score (nSPS) is 15.9. The predicted molar refractivity (Wildman–Crippen MR) is 149 cm³/mol. The molecule has 1 N–H and O–H groups in total. The number of halogens is 3. The lowest BCUT2D eigenvalue weighted by Gasteiger charge is -2.33. The summed E-state index contributed by atoms with van der Waals surface area (Å²) in [7, 11) is 0. The van der Waals surface area contributed by atoms with Crippen LogP contribution >= 0.6 is 0 Å². The second-order valence-electron chi connectivity index (χ2n) is 11.9. The van der Waals surface area contributed by atoms with Crippen molar-refractivity contribution in [2.45, 2.75) is 39.5 Å². The molecule has 0 spiro atoms. The first-order valence-electron chi connectivity index (χ1n) is 13.7. The van der Waals surface area contributed by atoms with Gasteiger partial charge in [-0.1, -0.05) is 20.8 Å². The molecule has 41 heavy (non-hydrogen) atoms. The third kappa shape index (κ3) is 4.24. The average molecular weight is 561 g/mol. The predicted octanol–water partition coefficient (Wildman–Crippen LogP) is 6.36. The van der Waals surface area contributed by atoms with Gasteiger partial charge in [0.2, 0.25) is 5.36 Å². The number of benzene rings is 3. The highest BCUT2D eigenvalue weighted by Crippen LogP contribution is 2.47. The third-order valence-electron chi connectivity index (χ3n) is 8.23. The van der Waals surface area contributed by atoms with Gasteiger partial charge < -0.3 is 14.4 Å². The van der Waals surface area contributed by atoms with Crippen LogP contribution in [0.2, 0.25) is 0 Å². The maximum atomic E-state index is 16.7. The van der Waals surface area contributed by atoms with Crippen molar-refractivity contribution < 1.29 is 27.5 Å². The maximum Gasteiger partial charge on any atom is 0.339 e. The van der Waals surface area contributed by atoms with Crippen molar-refractivity contribution >= 4 is 22.6 Å². The van der Waals surface area contributed by atoms with Crippen LogP contribution in [-0.2, 0) is 0 Å². The second kappa shape index (κ2) is 9.65. The van der Waals surface area contributed by atoms with Crippen LogP contribution in [0.15, 0.2) is 40.8 Å². The van der Waals surface area contributed by atoms with E-state index in [1.807, 2.05) is 18.2 Å². The number of rotatable bonds is 4. The van der Waals surface area contributed by atoms with Crippen molar-refractivity contribution in [2.75, 3.05) is 31.1 Å². The number of carboxylic acid groups (broad SMARTS) is 1. The van der Waals surface area contributed by atoms with E-state index in [0.29, 0.717) is 22.3 Å². The summed E-state index contributed by atoms with van der Waals surface area (Å²) in [5.74, 6) is -7.49. The first-order valence-corrected chi connectivity index (χ1v) is 13.7. The minimum atomic E-state index is -1.82. The van der Waals surface area contributed by atoms with Crippen molar-refractivity contribution in [3.8, 4) is 28.5 Å². The second-order valence-corrected chi connectivity index (χ2v) is 11.9. The highest BCUT2D eigenvalue weighted by atomic mass is 19.2. The highest BCUT2D eigenvalue weighted by Gasteiger charge is 2.39. The fourth-order valence-corrected chi connectivity index (χ4v) is 5.74. The van der Waals surface area contributed by atoms with Crippen molar-refractivity contribution in [3.63, 3.8) is 0 Å². The number of anilines is 1. The Bertz CT molecular complexity index is 1820. The van der Waals surface area contributed by atoms with Gasteiger partial charge in [-0.25, -0.2) is 22.5 Å². The molecule has 2 fully saturated rings. The molecule has 0 amide bonds. The Balaban J connectivity index is 1.77. The molecule has 1 atom stereocenters. The van der Waals surface area contributed by atoms with Gasteiger partial charge in [0.15, 0.2) is 11.6 Å². The lowest BCUT2D eigenvalue weighted by molar-refractivity contribution is 0.0691. The first-order chi connectivity index (χ1) is 19.5. The number of aromatic carboxylic acids is 1. The van der Waals surface area contributed by atoms with Crippen molar-refractivity contribution in [3.05, 3.63) is 70.3 Å². The molecule has 0 aromatic heterocycles. The molecule has 1 aliphatic carbocycles. The lowest BCUT2D eigenvalue weighted by Crippen LogP contribution is -2.40. The van der Waals surface area contributed by atoms with E-state index in [-0.39, 0.29) is 5.56 Å². The molecule has 210 valence electrons. The molecule has 4 aliphatic rings. The Hall–Kier alpha value is -4.32. The van der Waals surface area contributed by atoms with E-state index in [2.05, 4.69) is 9.48 Å². The summed E-state index contributed by atoms with van der Waals surface area (Å²) in [5.41, 5.74) is -1.82. The van der Waals surface area contributed by atoms with Gasteiger partial charge in [-0.05, 0) is 30.0 Å². The van der Waals surface area contributed by atoms with Crippen molar-refractivity contribution in [2.24, 2.45) is 5.41 Å². The highest BCUT2D eigenvalue weighted by molar-refractivity contribution is 6.08. The Morgan fingerprint density at radius 2 is 1.76 bits per heavy atom.